The summed E-state index contributed by atoms with van der Waals surface area (Å²) in [5.74, 6) is -0.430. The molecule has 0 radical (unpaired) electrons. The summed E-state index contributed by atoms with van der Waals surface area (Å²) in [5.41, 5.74) is 0. The van der Waals surface area contributed by atoms with Crippen LogP contribution in [0.1, 0.15) is 19.8 Å². The Labute approximate surface area is 82.8 Å². The molecule has 1 saturated heterocycles. The van der Waals surface area contributed by atoms with Gasteiger partial charge in [0.2, 0.25) is 6.41 Å². The van der Waals surface area contributed by atoms with E-state index in [9.17, 15) is 9.59 Å². The summed E-state index contributed by atoms with van der Waals surface area (Å²) in [5, 5.41) is 2.24. The molecule has 1 aliphatic rings. The largest absolute Gasteiger partial charge is 0.462 e. The number of nitrogens with one attached hydrogen (secondary N) is 1. The normalized spacial score (nSPS) is 25.8. The van der Waals surface area contributed by atoms with Crippen LogP contribution in [-0.2, 0) is 19.1 Å². The van der Waals surface area contributed by atoms with E-state index in [0.717, 1.165) is 12.8 Å². The first kappa shape index (κ1) is 11.0. The third-order valence-electron chi connectivity index (χ3n) is 2.08. The lowest BCUT2D eigenvalue weighted by Crippen LogP contribution is -2.26. The van der Waals surface area contributed by atoms with Gasteiger partial charge in [-0.05, 0) is 19.8 Å². The van der Waals surface area contributed by atoms with Crippen molar-refractivity contribution >= 4 is 12.4 Å². The van der Waals surface area contributed by atoms with Crippen LogP contribution < -0.4 is 5.32 Å². The first-order chi connectivity index (χ1) is 6.72. The maximum atomic E-state index is 10.9. The average molecular weight is 201 g/mol. The van der Waals surface area contributed by atoms with Crippen molar-refractivity contribution in [3.63, 3.8) is 0 Å². The zero-order valence-corrected chi connectivity index (χ0v) is 8.19. The number of carbonyl (C=O) groups is 2. The predicted molar refractivity (Wildman–Crippen MR) is 48.6 cm³/mol. The van der Waals surface area contributed by atoms with Crippen molar-refractivity contribution in [1.29, 1.82) is 0 Å². The minimum Gasteiger partial charge on any atom is -0.462 e. The van der Waals surface area contributed by atoms with E-state index in [1.54, 1.807) is 0 Å². The van der Waals surface area contributed by atoms with Gasteiger partial charge in [-0.25, -0.2) is 0 Å². The van der Waals surface area contributed by atoms with Gasteiger partial charge in [-0.3, -0.25) is 9.59 Å². The standard InChI is InChI=1S/C9H15NO4/c1-7-2-3-8(14-7)5-13-9(12)4-10-6-11/h6-8H,2-5H2,1H3,(H,10,11). The molecule has 0 aromatic heterocycles. The Kier molecular flexibility index (Phi) is 4.39. The number of hydrogen-bond donors (Lipinski definition) is 1. The molecule has 1 heterocycles. The van der Waals surface area contributed by atoms with Crippen LogP contribution in [0.5, 0.6) is 0 Å². The van der Waals surface area contributed by atoms with Gasteiger partial charge in [-0.1, -0.05) is 0 Å². The van der Waals surface area contributed by atoms with E-state index >= 15 is 0 Å². The Morgan fingerprint density at radius 2 is 2.43 bits per heavy atom. The summed E-state index contributed by atoms with van der Waals surface area (Å²) < 4.78 is 10.3. The Bertz CT molecular complexity index is 207. The van der Waals surface area contributed by atoms with Crippen molar-refractivity contribution < 1.29 is 19.1 Å². The Morgan fingerprint density at radius 1 is 1.64 bits per heavy atom. The van der Waals surface area contributed by atoms with E-state index in [-0.39, 0.29) is 25.4 Å². The van der Waals surface area contributed by atoms with E-state index in [4.69, 9.17) is 9.47 Å². The molecular formula is C9H15NO4. The van der Waals surface area contributed by atoms with Gasteiger partial charge in [0.05, 0.1) is 12.2 Å². The van der Waals surface area contributed by atoms with Crippen LogP contribution in [0.2, 0.25) is 0 Å². The summed E-state index contributed by atoms with van der Waals surface area (Å²) in [6.07, 6.45) is 2.68. The Hall–Kier alpha value is -1.10. The second kappa shape index (κ2) is 5.59. The van der Waals surface area contributed by atoms with Crippen LogP contribution in [0.3, 0.4) is 0 Å². The predicted octanol–water partition coefficient (Wildman–Crippen LogP) is -0.157. The molecule has 1 rings (SSSR count). The second-order valence-corrected chi connectivity index (χ2v) is 3.33. The minimum absolute atomic E-state index is 0.0187. The fourth-order valence-electron chi connectivity index (χ4n) is 1.37. The number of ether oxygens (including phenoxy) is 2. The van der Waals surface area contributed by atoms with Crippen molar-refractivity contribution in [2.45, 2.75) is 32.0 Å². The smallest absolute Gasteiger partial charge is 0.325 e. The van der Waals surface area contributed by atoms with Gasteiger partial charge in [0.15, 0.2) is 0 Å². The molecule has 0 aromatic rings. The third kappa shape index (κ3) is 3.74. The highest BCUT2D eigenvalue weighted by atomic mass is 16.6. The molecule has 1 fully saturated rings. The van der Waals surface area contributed by atoms with Crippen molar-refractivity contribution in [3.05, 3.63) is 0 Å². The van der Waals surface area contributed by atoms with E-state index in [2.05, 4.69) is 5.32 Å². The molecule has 80 valence electrons. The molecule has 1 amide bonds. The van der Waals surface area contributed by atoms with Crippen molar-refractivity contribution in [2.75, 3.05) is 13.2 Å². The first-order valence-electron chi connectivity index (χ1n) is 4.70. The highest BCUT2D eigenvalue weighted by molar-refractivity contribution is 5.73. The SMILES string of the molecule is CC1CCC(COC(=O)CNC=O)O1. The van der Waals surface area contributed by atoms with Crippen LogP contribution >= 0.6 is 0 Å². The van der Waals surface area contributed by atoms with E-state index in [1.807, 2.05) is 6.92 Å². The molecule has 0 aliphatic carbocycles. The summed E-state index contributed by atoms with van der Waals surface area (Å²) >= 11 is 0. The number of amides is 1. The highest BCUT2D eigenvalue weighted by Crippen LogP contribution is 2.18. The van der Waals surface area contributed by atoms with Gasteiger partial charge in [0.25, 0.3) is 0 Å². The van der Waals surface area contributed by atoms with Gasteiger partial charge >= 0.3 is 5.97 Å². The van der Waals surface area contributed by atoms with Crippen LogP contribution in [-0.4, -0.2) is 37.7 Å². The van der Waals surface area contributed by atoms with Crippen molar-refractivity contribution in [1.82, 2.24) is 5.32 Å². The van der Waals surface area contributed by atoms with Gasteiger partial charge in [-0.15, -0.1) is 0 Å². The average Bonchev–Trinajstić information content (AvgIpc) is 2.58. The summed E-state index contributed by atoms with van der Waals surface area (Å²) in [4.78, 5) is 20.8. The maximum absolute atomic E-state index is 10.9. The number of carbonyl (C=O) groups excluding carboxylic acids is 2. The number of esters is 1. The fourth-order valence-corrected chi connectivity index (χ4v) is 1.37. The fraction of sp³-hybridized carbons (Fsp3) is 0.778. The molecule has 1 aliphatic heterocycles. The lowest BCUT2D eigenvalue weighted by atomic mass is 10.2. The maximum Gasteiger partial charge on any atom is 0.325 e. The molecule has 0 spiro atoms. The van der Waals surface area contributed by atoms with Gasteiger partial charge in [0.1, 0.15) is 13.2 Å². The van der Waals surface area contributed by atoms with Crippen LogP contribution in [0.4, 0.5) is 0 Å². The molecule has 0 aromatic carbocycles. The lowest BCUT2D eigenvalue weighted by Gasteiger charge is -2.11. The van der Waals surface area contributed by atoms with Gasteiger partial charge in [-0.2, -0.15) is 0 Å². The van der Waals surface area contributed by atoms with E-state index in [0.29, 0.717) is 6.41 Å². The molecule has 0 saturated carbocycles. The first-order valence-corrected chi connectivity index (χ1v) is 4.70. The van der Waals surface area contributed by atoms with Crippen LogP contribution in [0.25, 0.3) is 0 Å². The number of hydrogen-bond acceptors (Lipinski definition) is 4. The highest BCUT2D eigenvalue weighted by Gasteiger charge is 2.22. The van der Waals surface area contributed by atoms with Crippen molar-refractivity contribution in [3.8, 4) is 0 Å². The van der Waals surface area contributed by atoms with Crippen LogP contribution in [0, 0.1) is 0 Å². The third-order valence-corrected chi connectivity index (χ3v) is 2.08. The van der Waals surface area contributed by atoms with Gasteiger partial charge < -0.3 is 14.8 Å². The summed E-state index contributed by atoms with van der Waals surface area (Å²) in [6, 6.07) is 0. The lowest BCUT2D eigenvalue weighted by molar-refractivity contribution is -0.146. The monoisotopic (exact) mass is 201 g/mol. The Morgan fingerprint density at radius 3 is 3.00 bits per heavy atom. The van der Waals surface area contributed by atoms with E-state index < -0.39 is 5.97 Å². The molecular weight excluding hydrogens is 186 g/mol. The Balaban J connectivity index is 2.08. The summed E-state index contributed by atoms with van der Waals surface area (Å²) in [7, 11) is 0. The van der Waals surface area contributed by atoms with E-state index in [1.165, 1.54) is 0 Å². The molecule has 2 atom stereocenters. The molecule has 2 unspecified atom stereocenters. The van der Waals surface area contributed by atoms with Crippen molar-refractivity contribution in [2.24, 2.45) is 0 Å². The number of rotatable bonds is 5. The van der Waals surface area contributed by atoms with Gasteiger partial charge in [0, 0.05) is 0 Å². The molecule has 0 bridgehead atoms. The molecule has 14 heavy (non-hydrogen) atoms. The molecule has 1 N–H and O–H groups in total. The topological polar surface area (TPSA) is 64.6 Å². The zero-order chi connectivity index (χ0) is 10.4. The second-order valence-electron chi connectivity index (χ2n) is 3.33. The van der Waals surface area contributed by atoms with Crippen LogP contribution in [0.15, 0.2) is 0 Å². The molecule has 5 heteroatoms. The summed E-state index contributed by atoms with van der Waals surface area (Å²) in [6.45, 7) is 2.20. The quantitative estimate of drug-likeness (QED) is 0.496. The zero-order valence-electron chi connectivity index (χ0n) is 8.19. The molecule has 5 nitrogen and oxygen atoms in total. The minimum atomic E-state index is -0.430.